The molecule has 0 aromatic heterocycles. The zero-order valence-electron chi connectivity index (χ0n) is 69.2. The first-order chi connectivity index (χ1) is 48.6. The van der Waals surface area contributed by atoms with Crippen molar-refractivity contribution in [1.29, 1.82) is 0 Å². The molecular formula is C82H161N9Si9. The molecule has 0 spiro atoms. The SMILES string of the molecule is CCC(C)N([SiH2]C)c1ccccc1.CCCN(CCC)[SiH2]C.CCN(CC)[SiH2]C.CCN([SiH2]C)c1ccccc1.C[SiH2]N(C)C.C[SiH2]N(C1CCCCC1)C1CCCC1.C[SiH2]N(c1ccccc1)C(C)C.C[SiH2]N(c1ccccc1)C1CCCC1.C[SiH2]N(c1ccccc1)C1CCCCC1. The Morgan fingerprint density at radius 2 is 0.630 bits per heavy atom. The summed E-state index contributed by atoms with van der Waals surface area (Å²) in [5, 5.41) is 0. The monoisotopic (exact) mass is 1520 g/mol. The average molecular weight is 1530 g/mol. The molecule has 0 heterocycles. The average Bonchev–Trinajstić information content (AvgIpc) is 1.55. The van der Waals surface area contributed by atoms with Crippen LogP contribution in [0.5, 0.6) is 0 Å². The van der Waals surface area contributed by atoms with Gasteiger partial charge in [0.15, 0.2) is 0 Å². The van der Waals surface area contributed by atoms with Gasteiger partial charge in [-0.3, -0.25) is 0 Å². The summed E-state index contributed by atoms with van der Waals surface area (Å²) in [7, 11) is 4.44. The molecule has 9 rings (SSSR count). The fraction of sp³-hybridized carbons (Fsp3) is 0.634. The van der Waals surface area contributed by atoms with Crippen LogP contribution in [0.3, 0.4) is 0 Å². The van der Waals surface area contributed by atoms with Gasteiger partial charge in [0.05, 0.1) is 38.7 Å². The van der Waals surface area contributed by atoms with Crippen molar-refractivity contribution in [3.63, 3.8) is 0 Å². The predicted octanol–water partition coefficient (Wildman–Crippen LogP) is 15.7. The van der Waals surface area contributed by atoms with Crippen LogP contribution in [0.15, 0.2) is 152 Å². The van der Waals surface area contributed by atoms with Crippen molar-refractivity contribution in [3.8, 4) is 0 Å². The molecule has 0 saturated heterocycles. The van der Waals surface area contributed by atoms with E-state index in [0.29, 0.717) is 12.1 Å². The van der Waals surface area contributed by atoms with Crippen molar-refractivity contribution in [2.75, 3.05) is 69.6 Å². The minimum Gasteiger partial charge on any atom is -0.404 e. The number of rotatable bonds is 28. The maximum Gasteiger partial charge on any atom is 0.121 e. The lowest BCUT2D eigenvalue weighted by Gasteiger charge is -2.38. The highest BCUT2D eigenvalue weighted by atomic mass is 28.2. The number of hydrogen-bond donors (Lipinski definition) is 0. The molecule has 4 fully saturated rings. The Morgan fingerprint density at radius 1 is 0.320 bits per heavy atom. The summed E-state index contributed by atoms with van der Waals surface area (Å²) in [6.45, 7) is 47.8. The first kappa shape index (κ1) is 94.9. The van der Waals surface area contributed by atoms with Gasteiger partial charge in [-0.05, 0) is 199 Å². The van der Waals surface area contributed by atoms with Crippen molar-refractivity contribution in [3.05, 3.63) is 152 Å². The van der Waals surface area contributed by atoms with Gasteiger partial charge >= 0.3 is 0 Å². The standard InChI is InChI=1S/C13H21NSi.C12H25NSi.C12H19NSi.C11H19NSi.C10H17NSi.C9H15NSi.C7H19NSi.C5H15NSi.C3H11NSi/c1-15-14(12-8-4-2-5-9-12)13-10-6-3-7-11-13;2*1-14-13(12-9-5-6-10-12)11-7-3-2-4-8-11;1-4-10(2)12(13-3)11-8-6-5-7-9-11;1-9(2)11(12-3)10-7-5-4-6-8-10;1-3-10(11-2)9-7-5-4-6-8-9;1-4-6-8(9-3)7-5-2;1-4-6(5-2)7-3;1-4(2)5-3/h2,4-5,8-9,13H,3,6-7,10-11,15H2,1H3;11-12H,2-10,14H2,1H3;2-4,7-8,12H,5-6,9-10,14H2,1H3;5-10H,4,13H2,1-3H3;4-9H,12H2,1-3H3;4-8H,3,11H2,1-2H3;4-7,9H2,1-3H3;4-5,7H2,1-3H3;5H2,1-3H3. The lowest BCUT2D eigenvalue weighted by Crippen LogP contribution is -2.44. The fourth-order valence-electron chi connectivity index (χ4n) is 14.6. The van der Waals surface area contributed by atoms with Gasteiger partial charge in [0, 0.05) is 71.2 Å². The van der Waals surface area contributed by atoms with Crippen LogP contribution in [0.4, 0.5) is 28.4 Å². The van der Waals surface area contributed by atoms with Gasteiger partial charge in [0.1, 0.15) is 48.4 Å². The zero-order chi connectivity index (χ0) is 74.0. The molecule has 0 aliphatic heterocycles. The normalized spacial score (nSPS) is 15.9. The van der Waals surface area contributed by atoms with Crippen LogP contribution in [0.2, 0.25) is 58.9 Å². The number of hydrogen-bond acceptors (Lipinski definition) is 9. The Labute approximate surface area is 642 Å². The Hall–Kier alpha value is -3.11. The molecule has 1 unspecified atom stereocenters. The van der Waals surface area contributed by atoms with E-state index in [1.165, 1.54) is 189 Å². The molecule has 4 saturated carbocycles. The summed E-state index contributed by atoms with van der Waals surface area (Å²) in [5.41, 5.74) is 7.06. The van der Waals surface area contributed by atoms with Crippen molar-refractivity contribution in [2.24, 2.45) is 0 Å². The Bertz CT molecular complexity index is 2480. The Kier molecular flexibility index (Phi) is 60.0. The second kappa shape index (κ2) is 63.2. The van der Waals surface area contributed by atoms with Crippen LogP contribution in [-0.4, -0.2) is 188 Å². The number of para-hydroxylation sites is 5. The van der Waals surface area contributed by atoms with Crippen molar-refractivity contribution >= 4 is 116 Å². The van der Waals surface area contributed by atoms with E-state index in [-0.39, 0.29) is 87.1 Å². The molecule has 100 heavy (non-hydrogen) atoms. The van der Waals surface area contributed by atoms with Crippen LogP contribution in [0.1, 0.15) is 197 Å². The molecule has 0 bridgehead atoms. The molecule has 9 nitrogen and oxygen atoms in total. The largest absolute Gasteiger partial charge is 0.404 e. The maximum absolute atomic E-state index is 2.96. The van der Waals surface area contributed by atoms with E-state index in [9.17, 15) is 0 Å². The quantitative estimate of drug-likeness (QED) is 0.0454. The van der Waals surface area contributed by atoms with Gasteiger partial charge < -0.3 is 41.1 Å². The van der Waals surface area contributed by atoms with Crippen LogP contribution in [0, 0.1) is 0 Å². The van der Waals surface area contributed by atoms with Gasteiger partial charge in [0.25, 0.3) is 0 Å². The van der Waals surface area contributed by atoms with Crippen molar-refractivity contribution in [1.82, 2.24) is 18.3 Å². The lowest BCUT2D eigenvalue weighted by atomic mass is 9.94. The highest BCUT2D eigenvalue weighted by Crippen LogP contribution is 2.31. The number of benzene rings is 5. The Morgan fingerprint density at radius 3 is 0.870 bits per heavy atom. The molecule has 0 radical (unpaired) electrons. The molecular weight excluding hydrogens is 1360 g/mol. The molecule has 0 amide bonds. The summed E-state index contributed by atoms with van der Waals surface area (Å²) in [6.07, 6.45) is 30.3. The van der Waals surface area contributed by atoms with E-state index in [1.807, 2.05) is 0 Å². The second-order valence-corrected chi connectivity index (χ2v) is 41.1. The molecule has 0 N–H and O–H groups in total. The lowest BCUT2D eigenvalue weighted by molar-refractivity contribution is 0.206. The second-order valence-electron chi connectivity index (χ2n) is 28.1. The molecule has 1 atom stereocenters. The van der Waals surface area contributed by atoms with E-state index in [0.717, 1.165) is 30.7 Å². The van der Waals surface area contributed by atoms with Crippen LogP contribution in [0.25, 0.3) is 0 Å². The summed E-state index contributed by atoms with van der Waals surface area (Å²) < 4.78 is 23.3. The zero-order valence-corrected chi connectivity index (χ0v) is 81.9. The minimum absolute atomic E-state index is 0.0370. The van der Waals surface area contributed by atoms with Crippen molar-refractivity contribution in [2.45, 2.75) is 292 Å². The predicted molar refractivity (Wildman–Crippen MR) is 489 cm³/mol. The van der Waals surface area contributed by atoms with E-state index in [1.54, 1.807) is 0 Å². The fourth-order valence-corrected chi connectivity index (χ4v) is 25.3. The van der Waals surface area contributed by atoms with Gasteiger partial charge in [-0.2, -0.15) is 0 Å². The topological polar surface area (TPSA) is 29.2 Å². The Balaban J connectivity index is 0.000000570. The highest BCUT2D eigenvalue weighted by Gasteiger charge is 2.28. The number of nitrogens with zero attached hydrogens (tertiary/aromatic N) is 9. The van der Waals surface area contributed by atoms with E-state index in [4.69, 9.17) is 0 Å². The molecule has 5 aromatic carbocycles. The van der Waals surface area contributed by atoms with Crippen LogP contribution >= 0.6 is 0 Å². The first-order valence-corrected chi connectivity index (χ1v) is 60.0. The van der Waals surface area contributed by atoms with Crippen LogP contribution in [-0.2, 0) is 0 Å². The molecule has 4 aliphatic carbocycles. The van der Waals surface area contributed by atoms with E-state index < -0.39 is 0 Å². The molecule has 570 valence electrons. The molecule has 5 aromatic rings. The third-order valence-electron chi connectivity index (χ3n) is 20.8. The summed E-state index contributed by atoms with van der Waals surface area (Å²) >= 11 is 0. The highest BCUT2D eigenvalue weighted by molar-refractivity contribution is 6.41. The van der Waals surface area contributed by atoms with Crippen LogP contribution < -0.4 is 22.8 Å². The number of anilines is 5. The summed E-state index contributed by atoms with van der Waals surface area (Å²) in [4.78, 5) is 0. The van der Waals surface area contributed by atoms with E-state index in [2.05, 4.69) is 328 Å². The first-order valence-electron chi connectivity index (χ1n) is 41.6. The van der Waals surface area contributed by atoms with Gasteiger partial charge in [-0.1, -0.05) is 249 Å². The smallest absolute Gasteiger partial charge is 0.121 e. The maximum atomic E-state index is 2.96. The van der Waals surface area contributed by atoms with E-state index >= 15 is 0 Å². The van der Waals surface area contributed by atoms with Gasteiger partial charge in [-0.25, -0.2) is 0 Å². The molecule has 4 aliphatic rings. The van der Waals surface area contributed by atoms with Gasteiger partial charge in [0.2, 0.25) is 0 Å². The summed E-state index contributed by atoms with van der Waals surface area (Å²) in [5.74, 6) is 0. The third kappa shape index (κ3) is 41.0. The van der Waals surface area contributed by atoms with Gasteiger partial charge in [-0.15, -0.1) is 0 Å². The third-order valence-corrected chi connectivity index (χ3v) is 35.3. The molecule has 18 heteroatoms. The summed E-state index contributed by atoms with van der Waals surface area (Å²) in [6, 6.07) is 59.0. The van der Waals surface area contributed by atoms with Crippen molar-refractivity contribution < 1.29 is 0 Å². The minimum atomic E-state index is -0.0954.